The van der Waals surface area contributed by atoms with Gasteiger partial charge in [0.2, 0.25) is 5.95 Å². The van der Waals surface area contributed by atoms with Crippen LogP contribution in [0.2, 0.25) is 0 Å². The second-order valence-electron chi connectivity index (χ2n) is 8.04. The molecule has 1 aliphatic rings. The minimum absolute atomic E-state index is 0.00364. The molecule has 1 aliphatic heterocycles. The predicted molar refractivity (Wildman–Crippen MR) is 121 cm³/mol. The summed E-state index contributed by atoms with van der Waals surface area (Å²) >= 11 is 3.34. The van der Waals surface area contributed by atoms with Gasteiger partial charge in [-0.15, -0.1) is 0 Å². The molecule has 4 rings (SSSR count). The Morgan fingerprint density at radius 3 is 2.94 bits per heavy atom. The van der Waals surface area contributed by atoms with Gasteiger partial charge in [0.15, 0.2) is 5.65 Å². The lowest BCUT2D eigenvalue weighted by atomic mass is 10.1. The molecule has 1 fully saturated rings. The largest absolute Gasteiger partial charge is 0.432 e. The quantitative estimate of drug-likeness (QED) is 0.480. The Morgan fingerprint density at radius 2 is 2.22 bits per heavy atom. The first-order valence-electron chi connectivity index (χ1n) is 10.5. The number of likely N-dealkylation sites (tertiary alicyclic amines) is 1. The third-order valence-electron chi connectivity index (χ3n) is 5.52. The molecule has 2 aromatic heterocycles. The molecule has 0 amide bonds. The first kappa shape index (κ1) is 22.7. The van der Waals surface area contributed by atoms with Crippen LogP contribution in [-0.2, 0) is 6.54 Å². The third kappa shape index (κ3) is 5.26. The van der Waals surface area contributed by atoms with Gasteiger partial charge in [0.1, 0.15) is 11.3 Å². The highest BCUT2D eigenvalue weighted by Crippen LogP contribution is 2.29. The average Bonchev–Trinajstić information content (AvgIpc) is 3.32. The summed E-state index contributed by atoms with van der Waals surface area (Å²) < 4.78 is 33.8. The maximum absolute atomic E-state index is 13.5. The summed E-state index contributed by atoms with van der Waals surface area (Å²) in [5.41, 5.74) is 0.873. The minimum atomic E-state index is -3.35. The number of nitrogens with zero attached hydrogens (tertiary/aromatic N) is 4. The molecule has 11 heteroatoms. The molecule has 2 N–H and O–H groups in total. The third-order valence-corrected chi connectivity index (χ3v) is 6.01. The van der Waals surface area contributed by atoms with Crippen LogP contribution < -0.4 is 15.7 Å². The first-order chi connectivity index (χ1) is 15.2. The minimum Gasteiger partial charge on any atom is -0.432 e. The lowest BCUT2D eigenvalue weighted by molar-refractivity contribution is -0.159. The van der Waals surface area contributed by atoms with Crippen molar-refractivity contribution >= 4 is 33.0 Å². The van der Waals surface area contributed by atoms with Crippen molar-refractivity contribution in [1.29, 1.82) is 0 Å². The van der Waals surface area contributed by atoms with Gasteiger partial charge >= 0.3 is 11.8 Å². The molecule has 1 saturated heterocycles. The van der Waals surface area contributed by atoms with Gasteiger partial charge in [0.25, 0.3) is 0 Å². The Labute approximate surface area is 192 Å². The zero-order chi connectivity index (χ0) is 22.9. The van der Waals surface area contributed by atoms with Crippen LogP contribution >= 0.6 is 15.9 Å². The van der Waals surface area contributed by atoms with Crippen molar-refractivity contribution in [3.05, 3.63) is 44.9 Å². The van der Waals surface area contributed by atoms with Gasteiger partial charge in [0, 0.05) is 30.0 Å². The van der Waals surface area contributed by atoms with Gasteiger partial charge in [-0.2, -0.15) is 13.8 Å². The SMILES string of the molecule is CCN1CC[C@@H](CNc2ncc3[nH]c(=O)n(Cc4cc(Br)ccc4OC(C)(F)F)c3n2)C1. The van der Waals surface area contributed by atoms with Crippen LogP contribution in [0.4, 0.5) is 14.7 Å². The number of nitrogens with one attached hydrogen (secondary N) is 2. The van der Waals surface area contributed by atoms with Crippen LogP contribution in [0.15, 0.2) is 33.7 Å². The van der Waals surface area contributed by atoms with Crippen molar-refractivity contribution < 1.29 is 13.5 Å². The predicted octanol–water partition coefficient (Wildman–Crippen LogP) is 3.68. The molecule has 0 radical (unpaired) electrons. The highest BCUT2D eigenvalue weighted by atomic mass is 79.9. The molecule has 0 spiro atoms. The van der Waals surface area contributed by atoms with Crippen molar-refractivity contribution in [2.45, 2.75) is 32.9 Å². The van der Waals surface area contributed by atoms with E-state index in [0.29, 0.717) is 40.0 Å². The molecular weight excluding hydrogens is 486 g/mol. The van der Waals surface area contributed by atoms with E-state index in [1.807, 2.05) is 0 Å². The summed E-state index contributed by atoms with van der Waals surface area (Å²) in [5, 5.41) is 3.27. The number of H-pyrrole nitrogens is 1. The van der Waals surface area contributed by atoms with E-state index in [0.717, 1.165) is 32.6 Å². The monoisotopic (exact) mass is 510 g/mol. The second kappa shape index (κ2) is 9.14. The number of anilines is 1. The summed E-state index contributed by atoms with van der Waals surface area (Å²) in [4.78, 5) is 26.5. The smallest absolute Gasteiger partial charge is 0.394 e. The molecule has 0 aliphatic carbocycles. The number of fused-ring (bicyclic) bond motifs is 1. The Balaban J connectivity index is 1.58. The topological polar surface area (TPSA) is 88.1 Å². The van der Waals surface area contributed by atoms with Gasteiger partial charge in [0.05, 0.1) is 12.7 Å². The normalized spacial score (nSPS) is 17.2. The zero-order valence-electron chi connectivity index (χ0n) is 17.9. The molecule has 8 nitrogen and oxygen atoms in total. The van der Waals surface area contributed by atoms with Gasteiger partial charge < -0.3 is 19.9 Å². The highest BCUT2D eigenvalue weighted by Gasteiger charge is 2.25. The average molecular weight is 511 g/mol. The summed E-state index contributed by atoms with van der Waals surface area (Å²) in [5.74, 6) is 0.932. The summed E-state index contributed by atoms with van der Waals surface area (Å²) in [6, 6.07) is 4.70. The highest BCUT2D eigenvalue weighted by molar-refractivity contribution is 9.10. The van der Waals surface area contributed by atoms with Gasteiger partial charge in [-0.3, -0.25) is 4.57 Å². The van der Waals surface area contributed by atoms with E-state index in [4.69, 9.17) is 4.74 Å². The second-order valence-corrected chi connectivity index (χ2v) is 8.95. The maximum atomic E-state index is 13.5. The van der Waals surface area contributed by atoms with E-state index in [1.54, 1.807) is 18.3 Å². The molecule has 172 valence electrons. The molecule has 0 saturated carbocycles. The van der Waals surface area contributed by atoms with Crippen LogP contribution in [0.3, 0.4) is 0 Å². The van der Waals surface area contributed by atoms with Crippen molar-refractivity contribution in [2.75, 3.05) is 31.5 Å². The van der Waals surface area contributed by atoms with E-state index < -0.39 is 11.8 Å². The zero-order valence-corrected chi connectivity index (χ0v) is 19.5. The number of hydrogen-bond acceptors (Lipinski definition) is 6. The number of halogens is 3. The molecule has 1 aromatic carbocycles. The number of imidazole rings is 1. The van der Waals surface area contributed by atoms with Crippen molar-refractivity contribution in [3.8, 4) is 5.75 Å². The Bertz CT molecular complexity index is 1160. The van der Waals surface area contributed by atoms with Crippen LogP contribution in [0.25, 0.3) is 11.2 Å². The molecule has 3 heterocycles. The number of benzene rings is 1. The van der Waals surface area contributed by atoms with Gasteiger partial charge in [-0.1, -0.05) is 22.9 Å². The number of rotatable bonds is 8. The fourth-order valence-electron chi connectivity index (χ4n) is 3.91. The van der Waals surface area contributed by atoms with E-state index >= 15 is 0 Å². The maximum Gasteiger partial charge on any atom is 0.394 e. The van der Waals surface area contributed by atoms with Crippen molar-refractivity contribution in [3.63, 3.8) is 0 Å². The summed E-state index contributed by atoms with van der Waals surface area (Å²) in [6.45, 7) is 6.75. The Hall–Kier alpha value is -2.53. The first-order valence-corrected chi connectivity index (χ1v) is 11.3. The number of aromatic amines is 1. The summed E-state index contributed by atoms with van der Waals surface area (Å²) in [6.07, 6.45) is -0.680. The molecular formula is C21H25BrF2N6O2. The van der Waals surface area contributed by atoms with Crippen LogP contribution in [0.1, 0.15) is 25.8 Å². The fourth-order valence-corrected chi connectivity index (χ4v) is 4.32. The van der Waals surface area contributed by atoms with Gasteiger partial charge in [-0.05, 0) is 43.6 Å². The lowest BCUT2D eigenvalue weighted by Gasteiger charge is -2.17. The molecule has 3 aromatic rings. The van der Waals surface area contributed by atoms with Crippen LogP contribution in [-0.4, -0.2) is 56.7 Å². The standard InChI is InChI=1S/C21H25BrF2N6O2/c1-3-29-7-6-13(11-29)9-25-19-26-10-16-18(28-19)30(20(31)27-16)12-14-8-15(22)4-5-17(14)32-21(2,23)24/h4-5,8,10,13H,3,6-7,9,11-12H2,1-2H3,(H,27,31)(H,25,26,28)/t13-/m0/s1. The number of hydrogen-bond donors (Lipinski definition) is 2. The molecule has 1 atom stereocenters. The van der Waals surface area contributed by atoms with E-state index in [1.165, 1.54) is 10.6 Å². The van der Waals surface area contributed by atoms with Gasteiger partial charge in [-0.25, -0.2) is 9.78 Å². The van der Waals surface area contributed by atoms with Crippen LogP contribution in [0.5, 0.6) is 5.75 Å². The van der Waals surface area contributed by atoms with Crippen molar-refractivity contribution in [2.24, 2.45) is 5.92 Å². The molecule has 0 unspecified atom stereocenters. The Kier molecular flexibility index (Phi) is 6.47. The number of ether oxygens (including phenoxy) is 1. The lowest BCUT2D eigenvalue weighted by Crippen LogP contribution is -2.23. The fraction of sp³-hybridized carbons (Fsp3) is 0.476. The van der Waals surface area contributed by atoms with E-state index in [9.17, 15) is 13.6 Å². The molecule has 0 bridgehead atoms. The van der Waals surface area contributed by atoms with E-state index in [-0.39, 0.29) is 12.3 Å². The summed E-state index contributed by atoms with van der Waals surface area (Å²) in [7, 11) is 0. The number of alkyl halides is 2. The molecule has 32 heavy (non-hydrogen) atoms. The van der Waals surface area contributed by atoms with Crippen LogP contribution in [0, 0.1) is 5.92 Å². The Morgan fingerprint density at radius 1 is 1.41 bits per heavy atom. The van der Waals surface area contributed by atoms with Crippen molar-refractivity contribution in [1.82, 2.24) is 24.4 Å². The number of aromatic nitrogens is 4. The van der Waals surface area contributed by atoms with E-state index in [2.05, 4.69) is 48.0 Å².